The van der Waals surface area contributed by atoms with Gasteiger partial charge in [-0.3, -0.25) is 4.79 Å². The molecule has 3 rings (SSSR count). The maximum absolute atomic E-state index is 12.3. The molecule has 0 bridgehead atoms. The number of nitrogens with one attached hydrogen (secondary N) is 1. The fraction of sp³-hybridized carbons (Fsp3) is 0.286. The lowest BCUT2D eigenvalue weighted by molar-refractivity contribution is 0.101. The van der Waals surface area contributed by atoms with Gasteiger partial charge in [-0.05, 0) is 43.5 Å². The van der Waals surface area contributed by atoms with Crippen molar-refractivity contribution in [2.75, 3.05) is 5.32 Å². The van der Waals surface area contributed by atoms with E-state index in [1.807, 2.05) is 29.8 Å². The van der Waals surface area contributed by atoms with Crippen LogP contribution in [0.25, 0.3) is 0 Å². The third-order valence-electron chi connectivity index (χ3n) is 3.28. The van der Waals surface area contributed by atoms with Gasteiger partial charge in [-0.2, -0.15) is 0 Å². The highest BCUT2D eigenvalue weighted by Crippen LogP contribution is 2.36. The lowest BCUT2D eigenvalue weighted by atomic mass is 10.2. The first-order valence-corrected chi connectivity index (χ1v) is 6.63. The fourth-order valence-corrected chi connectivity index (χ4v) is 2.31. The fourth-order valence-electron chi connectivity index (χ4n) is 2.10. The zero-order valence-electron chi connectivity index (χ0n) is 10.6. The van der Waals surface area contributed by atoms with Crippen LogP contribution in [-0.4, -0.2) is 15.5 Å². The first kappa shape index (κ1) is 12.2. The van der Waals surface area contributed by atoms with E-state index in [1.165, 1.54) is 0 Å². The number of hydrogen-bond donors (Lipinski definition) is 1. The first-order chi connectivity index (χ1) is 9.15. The summed E-state index contributed by atoms with van der Waals surface area (Å²) in [6.07, 6.45) is 5.84. The summed E-state index contributed by atoms with van der Waals surface area (Å²) < 4.78 is 2.04. The van der Waals surface area contributed by atoms with Gasteiger partial charge in [0.25, 0.3) is 5.91 Å². The summed E-state index contributed by atoms with van der Waals surface area (Å²) in [5, 5.41) is 3.31. The molecule has 19 heavy (non-hydrogen) atoms. The average Bonchev–Trinajstić information content (AvgIpc) is 3.10. The number of carbonyl (C=O) groups is 1. The van der Waals surface area contributed by atoms with E-state index in [2.05, 4.69) is 10.3 Å². The Morgan fingerprint density at radius 1 is 1.53 bits per heavy atom. The molecule has 1 N–H and O–H groups in total. The second-order valence-electron chi connectivity index (χ2n) is 4.81. The molecule has 0 aromatic carbocycles. The number of carbonyl (C=O) groups excluding carboxylic acids is 1. The van der Waals surface area contributed by atoms with Crippen molar-refractivity contribution in [3.63, 3.8) is 0 Å². The number of aromatic nitrogens is 2. The maximum atomic E-state index is 12.3. The van der Waals surface area contributed by atoms with Crippen LogP contribution in [0.15, 0.2) is 30.6 Å². The van der Waals surface area contributed by atoms with Crippen LogP contribution >= 0.6 is 11.6 Å². The molecule has 1 aliphatic rings. The van der Waals surface area contributed by atoms with Crippen LogP contribution in [0.4, 0.5) is 5.69 Å². The second-order valence-corrected chi connectivity index (χ2v) is 5.20. The number of anilines is 1. The summed E-state index contributed by atoms with van der Waals surface area (Å²) >= 11 is 5.80. The Kier molecular flexibility index (Phi) is 3.03. The van der Waals surface area contributed by atoms with Crippen LogP contribution in [0, 0.1) is 6.92 Å². The van der Waals surface area contributed by atoms with Crippen molar-refractivity contribution in [2.45, 2.75) is 25.8 Å². The quantitative estimate of drug-likeness (QED) is 0.873. The van der Waals surface area contributed by atoms with Gasteiger partial charge in [-0.25, -0.2) is 4.98 Å². The van der Waals surface area contributed by atoms with Crippen LogP contribution in [-0.2, 0) is 0 Å². The van der Waals surface area contributed by atoms with E-state index in [9.17, 15) is 4.79 Å². The third kappa shape index (κ3) is 2.49. The third-order valence-corrected chi connectivity index (χ3v) is 3.48. The van der Waals surface area contributed by atoms with E-state index in [4.69, 9.17) is 11.6 Å². The Morgan fingerprint density at radius 2 is 2.32 bits per heavy atom. The molecule has 2 aromatic heterocycles. The SMILES string of the molecule is Cc1cc(Cl)ncc1NC(=O)c1cccn1C1CC1. The van der Waals surface area contributed by atoms with Crippen molar-refractivity contribution in [3.8, 4) is 0 Å². The molecule has 2 aromatic rings. The van der Waals surface area contributed by atoms with Crippen molar-refractivity contribution in [1.82, 2.24) is 9.55 Å². The molecule has 1 amide bonds. The number of hydrogen-bond acceptors (Lipinski definition) is 2. The van der Waals surface area contributed by atoms with E-state index >= 15 is 0 Å². The van der Waals surface area contributed by atoms with Crippen molar-refractivity contribution >= 4 is 23.2 Å². The molecule has 2 heterocycles. The number of rotatable bonds is 3. The van der Waals surface area contributed by atoms with E-state index in [0.717, 1.165) is 18.4 Å². The van der Waals surface area contributed by atoms with Gasteiger partial charge in [0.05, 0.1) is 11.9 Å². The minimum Gasteiger partial charge on any atom is -0.340 e. The summed E-state index contributed by atoms with van der Waals surface area (Å²) in [6, 6.07) is 5.96. The molecule has 5 heteroatoms. The Labute approximate surface area is 116 Å². The lowest BCUT2D eigenvalue weighted by Crippen LogP contribution is -2.17. The molecule has 98 valence electrons. The molecule has 1 saturated carbocycles. The van der Waals surface area contributed by atoms with Crippen LogP contribution in [0.2, 0.25) is 5.15 Å². The van der Waals surface area contributed by atoms with E-state index in [1.54, 1.807) is 12.3 Å². The molecule has 1 fully saturated rings. The van der Waals surface area contributed by atoms with Crippen molar-refractivity contribution in [3.05, 3.63) is 47.0 Å². The van der Waals surface area contributed by atoms with Crippen LogP contribution in [0.1, 0.15) is 34.9 Å². The largest absolute Gasteiger partial charge is 0.340 e. The molecule has 0 saturated heterocycles. The molecular weight excluding hydrogens is 262 g/mol. The van der Waals surface area contributed by atoms with Crippen molar-refractivity contribution in [2.24, 2.45) is 0 Å². The zero-order valence-corrected chi connectivity index (χ0v) is 11.3. The van der Waals surface area contributed by atoms with Gasteiger partial charge in [0.1, 0.15) is 10.8 Å². The molecule has 0 unspecified atom stereocenters. The topological polar surface area (TPSA) is 46.9 Å². The van der Waals surface area contributed by atoms with E-state index < -0.39 is 0 Å². The van der Waals surface area contributed by atoms with Crippen molar-refractivity contribution < 1.29 is 4.79 Å². The number of amides is 1. The van der Waals surface area contributed by atoms with Gasteiger partial charge >= 0.3 is 0 Å². The smallest absolute Gasteiger partial charge is 0.272 e. The molecule has 4 nitrogen and oxygen atoms in total. The maximum Gasteiger partial charge on any atom is 0.272 e. The first-order valence-electron chi connectivity index (χ1n) is 6.25. The second kappa shape index (κ2) is 4.70. The highest BCUT2D eigenvalue weighted by atomic mass is 35.5. The minimum absolute atomic E-state index is 0.107. The van der Waals surface area contributed by atoms with E-state index in [0.29, 0.717) is 22.6 Å². The van der Waals surface area contributed by atoms with Crippen LogP contribution in [0.3, 0.4) is 0 Å². The van der Waals surface area contributed by atoms with Gasteiger partial charge in [-0.1, -0.05) is 11.6 Å². The molecule has 0 radical (unpaired) electrons. The van der Waals surface area contributed by atoms with Crippen molar-refractivity contribution in [1.29, 1.82) is 0 Å². The zero-order chi connectivity index (χ0) is 13.4. The van der Waals surface area contributed by atoms with Gasteiger partial charge in [0.2, 0.25) is 0 Å². The Balaban J connectivity index is 1.82. The number of nitrogens with zero attached hydrogens (tertiary/aromatic N) is 2. The summed E-state index contributed by atoms with van der Waals surface area (Å²) in [4.78, 5) is 16.3. The number of aryl methyl sites for hydroxylation is 1. The Bertz CT molecular complexity index is 631. The van der Waals surface area contributed by atoms with Gasteiger partial charge in [0.15, 0.2) is 0 Å². The standard InChI is InChI=1S/C14H14ClN3O/c1-9-7-13(15)16-8-11(9)17-14(19)12-3-2-6-18(12)10-4-5-10/h2-3,6-8,10H,4-5H2,1H3,(H,17,19). The lowest BCUT2D eigenvalue weighted by Gasteiger charge is -2.10. The number of pyridine rings is 1. The Hall–Kier alpha value is -1.81. The van der Waals surface area contributed by atoms with Gasteiger partial charge in [0, 0.05) is 12.2 Å². The molecule has 0 spiro atoms. The molecule has 0 aliphatic heterocycles. The summed E-state index contributed by atoms with van der Waals surface area (Å²) in [7, 11) is 0. The predicted molar refractivity (Wildman–Crippen MR) is 74.6 cm³/mol. The molecular formula is C14H14ClN3O. The predicted octanol–water partition coefficient (Wildman–Crippen LogP) is 3.43. The van der Waals surface area contributed by atoms with Gasteiger partial charge in [-0.15, -0.1) is 0 Å². The Morgan fingerprint density at radius 3 is 3.00 bits per heavy atom. The minimum atomic E-state index is -0.107. The average molecular weight is 276 g/mol. The molecule has 1 aliphatic carbocycles. The van der Waals surface area contributed by atoms with Crippen LogP contribution < -0.4 is 5.32 Å². The molecule has 0 atom stereocenters. The monoisotopic (exact) mass is 275 g/mol. The highest BCUT2D eigenvalue weighted by molar-refractivity contribution is 6.29. The summed E-state index contributed by atoms with van der Waals surface area (Å²) in [5.74, 6) is -0.107. The number of halogens is 1. The van der Waals surface area contributed by atoms with Crippen LogP contribution in [0.5, 0.6) is 0 Å². The highest BCUT2D eigenvalue weighted by Gasteiger charge is 2.26. The summed E-state index contributed by atoms with van der Waals surface area (Å²) in [5.41, 5.74) is 2.28. The normalized spacial score (nSPS) is 14.4. The summed E-state index contributed by atoms with van der Waals surface area (Å²) in [6.45, 7) is 1.89. The van der Waals surface area contributed by atoms with E-state index in [-0.39, 0.29) is 5.91 Å². The van der Waals surface area contributed by atoms with Gasteiger partial charge < -0.3 is 9.88 Å².